The summed E-state index contributed by atoms with van der Waals surface area (Å²) in [7, 11) is 0. The molecule has 3 N–H and O–H groups in total. The average Bonchev–Trinajstić information content (AvgIpc) is 2.84. The Hall–Kier alpha value is -1.06. The summed E-state index contributed by atoms with van der Waals surface area (Å²) < 4.78 is 5.55. The van der Waals surface area contributed by atoms with Gasteiger partial charge >= 0.3 is 0 Å². The molecule has 1 aliphatic rings. The molecule has 17 heavy (non-hydrogen) atoms. The first-order valence-corrected chi connectivity index (χ1v) is 6.52. The van der Waals surface area contributed by atoms with Crippen molar-refractivity contribution in [3.8, 4) is 0 Å². The van der Waals surface area contributed by atoms with Crippen LogP contribution >= 0.6 is 0 Å². The molecular weight excluding hydrogens is 212 g/mol. The van der Waals surface area contributed by atoms with Crippen LogP contribution in [-0.2, 0) is 11.2 Å². The second kappa shape index (κ2) is 6.62. The minimum absolute atomic E-state index is 0.441. The van der Waals surface area contributed by atoms with Crippen LogP contribution in [0.15, 0.2) is 24.3 Å². The van der Waals surface area contributed by atoms with Gasteiger partial charge in [-0.15, -0.1) is 0 Å². The van der Waals surface area contributed by atoms with Crippen LogP contribution in [0.3, 0.4) is 0 Å². The molecule has 0 spiro atoms. The van der Waals surface area contributed by atoms with Gasteiger partial charge in [-0.05, 0) is 43.9 Å². The van der Waals surface area contributed by atoms with Crippen molar-refractivity contribution in [3.63, 3.8) is 0 Å². The van der Waals surface area contributed by atoms with Crippen molar-refractivity contribution >= 4 is 5.69 Å². The molecule has 0 aliphatic carbocycles. The van der Waals surface area contributed by atoms with Crippen molar-refractivity contribution in [2.24, 2.45) is 0 Å². The van der Waals surface area contributed by atoms with E-state index in [1.165, 1.54) is 18.4 Å². The first-order valence-electron chi connectivity index (χ1n) is 6.52. The summed E-state index contributed by atoms with van der Waals surface area (Å²) in [4.78, 5) is 0. The summed E-state index contributed by atoms with van der Waals surface area (Å²) in [5.74, 6) is 0. The van der Waals surface area contributed by atoms with Gasteiger partial charge in [-0.1, -0.05) is 18.2 Å². The molecule has 0 saturated carbocycles. The quantitative estimate of drug-likeness (QED) is 0.584. The zero-order valence-electron chi connectivity index (χ0n) is 10.3. The number of aryl methyl sites for hydroxylation is 1. The molecule has 0 radical (unpaired) electrons. The van der Waals surface area contributed by atoms with Gasteiger partial charge in [0.05, 0.1) is 6.10 Å². The molecule has 1 unspecified atom stereocenters. The normalized spacial score (nSPS) is 19.6. The molecule has 1 aromatic carbocycles. The lowest BCUT2D eigenvalue weighted by Gasteiger charge is -2.10. The fourth-order valence-corrected chi connectivity index (χ4v) is 2.23. The number of nitrogens with one attached hydrogen (secondary N) is 1. The van der Waals surface area contributed by atoms with Crippen molar-refractivity contribution in [2.45, 2.75) is 31.8 Å². The molecule has 3 heteroatoms. The highest BCUT2D eigenvalue weighted by Gasteiger charge is 2.14. The number of nitrogen functional groups attached to an aromatic ring is 1. The van der Waals surface area contributed by atoms with Gasteiger partial charge < -0.3 is 15.8 Å². The van der Waals surface area contributed by atoms with Crippen LogP contribution in [-0.4, -0.2) is 25.8 Å². The molecule has 1 aromatic rings. The van der Waals surface area contributed by atoms with Gasteiger partial charge in [0.15, 0.2) is 0 Å². The highest BCUT2D eigenvalue weighted by molar-refractivity contribution is 5.46. The molecule has 1 fully saturated rings. The second-order valence-electron chi connectivity index (χ2n) is 4.64. The van der Waals surface area contributed by atoms with E-state index in [-0.39, 0.29) is 0 Å². The SMILES string of the molecule is Nc1ccccc1CCCNCC1CCCO1. The van der Waals surface area contributed by atoms with Crippen LogP contribution in [0.2, 0.25) is 0 Å². The molecule has 0 amide bonds. The van der Waals surface area contributed by atoms with Crippen LogP contribution in [0.25, 0.3) is 0 Å². The Kier molecular flexibility index (Phi) is 4.83. The lowest BCUT2D eigenvalue weighted by Crippen LogP contribution is -2.27. The minimum Gasteiger partial charge on any atom is -0.399 e. The Labute approximate surface area is 103 Å². The number of hydrogen-bond acceptors (Lipinski definition) is 3. The Bertz CT molecular complexity index is 335. The number of nitrogens with two attached hydrogens (primary N) is 1. The van der Waals surface area contributed by atoms with Gasteiger partial charge in [0.1, 0.15) is 0 Å². The van der Waals surface area contributed by atoms with Crippen molar-refractivity contribution in [2.75, 3.05) is 25.4 Å². The molecule has 1 saturated heterocycles. The van der Waals surface area contributed by atoms with Crippen LogP contribution in [0.1, 0.15) is 24.8 Å². The van der Waals surface area contributed by atoms with Gasteiger partial charge in [-0.2, -0.15) is 0 Å². The maximum atomic E-state index is 5.89. The third-order valence-electron chi connectivity index (χ3n) is 3.25. The zero-order chi connectivity index (χ0) is 11.9. The lowest BCUT2D eigenvalue weighted by molar-refractivity contribution is 0.110. The number of anilines is 1. The zero-order valence-corrected chi connectivity index (χ0v) is 10.3. The van der Waals surface area contributed by atoms with Gasteiger partial charge in [0.2, 0.25) is 0 Å². The van der Waals surface area contributed by atoms with E-state index in [1.54, 1.807) is 0 Å². The van der Waals surface area contributed by atoms with E-state index in [0.717, 1.165) is 38.2 Å². The van der Waals surface area contributed by atoms with Crippen LogP contribution in [0, 0.1) is 0 Å². The van der Waals surface area contributed by atoms with E-state index >= 15 is 0 Å². The summed E-state index contributed by atoms with van der Waals surface area (Å²) in [6.45, 7) is 2.96. The smallest absolute Gasteiger partial charge is 0.0700 e. The number of para-hydroxylation sites is 1. The van der Waals surface area contributed by atoms with E-state index in [2.05, 4.69) is 11.4 Å². The molecule has 3 nitrogen and oxygen atoms in total. The van der Waals surface area contributed by atoms with Crippen molar-refractivity contribution in [1.82, 2.24) is 5.32 Å². The van der Waals surface area contributed by atoms with Crippen molar-refractivity contribution in [1.29, 1.82) is 0 Å². The second-order valence-corrected chi connectivity index (χ2v) is 4.64. The molecule has 94 valence electrons. The number of benzene rings is 1. The van der Waals surface area contributed by atoms with E-state index in [4.69, 9.17) is 10.5 Å². The van der Waals surface area contributed by atoms with Crippen molar-refractivity contribution in [3.05, 3.63) is 29.8 Å². The Morgan fingerprint density at radius 3 is 3.00 bits per heavy atom. The molecule has 2 rings (SSSR count). The Balaban J connectivity index is 1.58. The minimum atomic E-state index is 0.441. The number of rotatable bonds is 6. The van der Waals surface area contributed by atoms with Crippen LogP contribution in [0.5, 0.6) is 0 Å². The highest BCUT2D eigenvalue weighted by Crippen LogP contribution is 2.12. The number of ether oxygens (including phenoxy) is 1. The first-order chi connectivity index (χ1) is 8.36. The molecule has 1 heterocycles. The average molecular weight is 234 g/mol. The van der Waals surface area contributed by atoms with Gasteiger partial charge in [-0.3, -0.25) is 0 Å². The van der Waals surface area contributed by atoms with E-state index < -0.39 is 0 Å². The first kappa shape index (κ1) is 12.4. The summed E-state index contributed by atoms with van der Waals surface area (Å²) in [5.41, 5.74) is 8.06. The maximum Gasteiger partial charge on any atom is 0.0700 e. The Morgan fingerprint density at radius 1 is 1.35 bits per heavy atom. The van der Waals surface area contributed by atoms with Crippen LogP contribution < -0.4 is 11.1 Å². The van der Waals surface area contributed by atoms with Gasteiger partial charge in [-0.25, -0.2) is 0 Å². The third-order valence-corrected chi connectivity index (χ3v) is 3.25. The summed E-state index contributed by atoms with van der Waals surface area (Å²) in [5, 5.41) is 3.45. The highest BCUT2D eigenvalue weighted by atomic mass is 16.5. The third kappa shape index (κ3) is 4.02. The predicted molar refractivity (Wildman–Crippen MR) is 71.0 cm³/mol. The topological polar surface area (TPSA) is 47.3 Å². The fourth-order valence-electron chi connectivity index (χ4n) is 2.23. The maximum absolute atomic E-state index is 5.89. The molecule has 1 atom stereocenters. The van der Waals surface area contributed by atoms with E-state index in [0.29, 0.717) is 6.10 Å². The molecular formula is C14H22N2O. The van der Waals surface area contributed by atoms with Crippen molar-refractivity contribution < 1.29 is 4.74 Å². The largest absolute Gasteiger partial charge is 0.399 e. The molecule has 1 aliphatic heterocycles. The summed E-state index contributed by atoms with van der Waals surface area (Å²) in [6, 6.07) is 8.10. The van der Waals surface area contributed by atoms with Gasteiger partial charge in [0.25, 0.3) is 0 Å². The van der Waals surface area contributed by atoms with E-state index in [9.17, 15) is 0 Å². The van der Waals surface area contributed by atoms with Gasteiger partial charge in [0, 0.05) is 18.8 Å². The summed E-state index contributed by atoms with van der Waals surface area (Å²) in [6.07, 6.45) is 5.04. The fraction of sp³-hybridized carbons (Fsp3) is 0.571. The lowest BCUT2D eigenvalue weighted by atomic mass is 10.1. The van der Waals surface area contributed by atoms with E-state index in [1.807, 2.05) is 18.2 Å². The van der Waals surface area contributed by atoms with Crippen LogP contribution in [0.4, 0.5) is 5.69 Å². The standard InChI is InChI=1S/C14H22N2O/c15-14-8-2-1-5-12(14)6-3-9-16-11-13-7-4-10-17-13/h1-2,5,8,13,16H,3-4,6-7,9-11,15H2. The monoisotopic (exact) mass is 234 g/mol. The molecule has 0 aromatic heterocycles. The number of hydrogen-bond donors (Lipinski definition) is 2. The predicted octanol–water partition coefficient (Wildman–Crippen LogP) is 1.97. The summed E-state index contributed by atoms with van der Waals surface area (Å²) >= 11 is 0. The molecule has 0 bridgehead atoms. The Morgan fingerprint density at radius 2 is 2.24 bits per heavy atom.